The second-order valence-corrected chi connectivity index (χ2v) is 11.5. The van der Waals surface area contributed by atoms with Crippen LogP contribution in [0, 0.1) is 0 Å². The molecule has 2 N–H and O–H groups in total. The van der Waals surface area contributed by atoms with E-state index in [4.69, 9.17) is 11.6 Å². The van der Waals surface area contributed by atoms with Crippen LogP contribution in [0.25, 0.3) is 17.1 Å². The highest BCUT2D eigenvalue weighted by atomic mass is 35.5. The van der Waals surface area contributed by atoms with E-state index in [9.17, 15) is 21.6 Å². The minimum atomic E-state index is -4.70. The fourth-order valence-electron chi connectivity index (χ4n) is 4.43. The van der Waals surface area contributed by atoms with Crippen molar-refractivity contribution in [1.29, 1.82) is 0 Å². The van der Waals surface area contributed by atoms with E-state index in [2.05, 4.69) is 25.6 Å². The first-order valence-corrected chi connectivity index (χ1v) is 14.3. The van der Waals surface area contributed by atoms with Gasteiger partial charge in [0.1, 0.15) is 23.3 Å². The maximum atomic E-state index is 13.9. The number of benzene rings is 1. The number of alkyl halides is 3. The number of piperidine rings is 1. The summed E-state index contributed by atoms with van der Waals surface area (Å²) in [6.45, 7) is 5.32. The van der Waals surface area contributed by atoms with Crippen LogP contribution < -0.4 is 10.6 Å². The molecule has 2 aromatic heterocycles. The molecule has 1 unspecified atom stereocenters. The minimum Gasteiger partial charge on any atom is -0.351 e. The quantitative estimate of drug-likeness (QED) is 0.410. The molecule has 0 aliphatic carbocycles. The second kappa shape index (κ2) is 11.2. The molecule has 3 aromatic rings. The molecule has 1 atom stereocenters. The number of imidazole rings is 1. The molecule has 4 rings (SSSR count). The average molecular weight is 572 g/mol. The number of sulfonamides is 1. The Hall–Kier alpha value is -2.74. The number of aromatic nitrogens is 4. The summed E-state index contributed by atoms with van der Waals surface area (Å²) in [4.78, 5) is 12.3. The average Bonchev–Trinajstić information content (AvgIpc) is 3.33. The Bertz CT molecular complexity index is 1390. The Kier molecular flexibility index (Phi) is 8.31. The molecule has 1 aliphatic heterocycles. The Balaban J connectivity index is 1.63. The summed E-state index contributed by atoms with van der Waals surface area (Å²) in [6, 6.07) is 5.27. The van der Waals surface area contributed by atoms with Crippen molar-refractivity contribution in [2.24, 2.45) is 0 Å². The molecule has 38 heavy (non-hydrogen) atoms. The summed E-state index contributed by atoms with van der Waals surface area (Å²) >= 11 is 6.66. The molecular formula is C24H29ClF3N7O2S. The third kappa shape index (κ3) is 6.28. The molecule has 1 aromatic carbocycles. The van der Waals surface area contributed by atoms with Crippen LogP contribution in [-0.4, -0.2) is 64.2 Å². The monoisotopic (exact) mass is 571 g/mol. The molecule has 14 heteroatoms. The van der Waals surface area contributed by atoms with E-state index in [1.807, 2.05) is 26.0 Å². The van der Waals surface area contributed by atoms with Crippen LogP contribution in [-0.2, 0) is 16.2 Å². The largest absolute Gasteiger partial charge is 0.420 e. The molecule has 1 fully saturated rings. The molecule has 1 saturated heterocycles. The van der Waals surface area contributed by atoms with Gasteiger partial charge in [-0.05, 0) is 37.9 Å². The van der Waals surface area contributed by atoms with Gasteiger partial charge in [0, 0.05) is 37.6 Å². The Morgan fingerprint density at radius 1 is 1.21 bits per heavy atom. The number of anilines is 1. The van der Waals surface area contributed by atoms with Crippen LogP contribution >= 0.6 is 11.6 Å². The van der Waals surface area contributed by atoms with Crippen molar-refractivity contribution in [2.45, 2.75) is 44.9 Å². The molecule has 0 bridgehead atoms. The zero-order chi connectivity index (χ0) is 27.7. The van der Waals surface area contributed by atoms with E-state index in [-0.39, 0.29) is 29.4 Å². The normalized spacial score (nSPS) is 16.5. The van der Waals surface area contributed by atoms with Crippen LogP contribution in [0.15, 0.2) is 36.9 Å². The first kappa shape index (κ1) is 28.3. The highest BCUT2D eigenvalue weighted by Crippen LogP contribution is 2.36. The van der Waals surface area contributed by atoms with Crippen LogP contribution in [0.1, 0.15) is 43.9 Å². The summed E-state index contributed by atoms with van der Waals surface area (Å²) in [5.74, 6) is 0.0138. The standard InChI is InChI=1S/C24H29ClF3N7O2S/c1-4-29-15(2)17-6-5-7-20(21(17)25)34-13-19(31-14-34)22-18(24(26,27)28)12-30-23(33-22)32-16-8-10-35(11-9-16)38(3,36)37/h5-7,12-16,29H,4,8-11H2,1-3H3,(H,30,32,33). The van der Waals surface area contributed by atoms with Crippen molar-refractivity contribution in [2.75, 3.05) is 31.2 Å². The highest BCUT2D eigenvalue weighted by molar-refractivity contribution is 7.88. The van der Waals surface area contributed by atoms with Gasteiger partial charge >= 0.3 is 6.18 Å². The van der Waals surface area contributed by atoms with E-state index >= 15 is 0 Å². The second-order valence-electron chi connectivity index (χ2n) is 9.16. The van der Waals surface area contributed by atoms with Gasteiger partial charge < -0.3 is 15.2 Å². The molecular weight excluding hydrogens is 543 g/mol. The van der Waals surface area contributed by atoms with Gasteiger partial charge in [-0.15, -0.1) is 0 Å². The van der Waals surface area contributed by atoms with Gasteiger partial charge in [-0.2, -0.15) is 13.2 Å². The van der Waals surface area contributed by atoms with Crippen LogP contribution in [0.4, 0.5) is 19.1 Å². The van der Waals surface area contributed by atoms with E-state index in [0.29, 0.717) is 36.6 Å². The van der Waals surface area contributed by atoms with Gasteiger partial charge in [-0.25, -0.2) is 27.7 Å². The summed E-state index contributed by atoms with van der Waals surface area (Å²) in [5.41, 5.74) is 0.0614. The zero-order valence-electron chi connectivity index (χ0n) is 21.1. The lowest BCUT2D eigenvalue weighted by Gasteiger charge is -2.30. The maximum absolute atomic E-state index is 13.9. The van der Waals surface area contributed by atoms with Crippen molar-refractivity contribution in [1.82, 2.24) is 29.1 Å². The highest BCUT2D eigenvalue weighted by Gasteiger charge is 2.36. The smallest absolute Gasteiger partial charge is 0.351 e. The molecule has 3 heterocycles. The molecule has 9 nitrogen and oxygen atoms in total. The Labute approximate surface area is 224 Å². The van der Waals surface area contributed by atoms with Crippen molar-refractivity contribution in [3.63, 3.8) is 0 Å². The molecule has 0 radical (unpaired) electrons. The first-order valence-electron chi connectivity index (χ1n) is 12.1. The number of rotatable bonds is 8. The van der Waals surface area contributed by atoms with E-state index in [1.54, 1.807) is 10.6 Å². The zero-order valence-corrected chi connectivity index (χ0v) is 22.7. The van der Waals surface area contributed by atoms with Gasteiger partial charge in [0.25, 0.3) is 0 Å². The number of hydrogen-bond acceptors (Lipinski definition) is 7. The number of nitrogens with one attached hydrogen (secondary N) is 2. The van der Waals surface area contributed by atoms with E-state index in [0.717, 1.165) is 24.6 Å². The Morgan fingerprint density at radius 2 is 1.92 bits per heavy atom. The summed E-state index contributed by atoms with van der Waals surface area (Å²) in [5, 5.41) is 6.81. The first-order chi connectivity index (χ1) is 17.9. The van der Waals surface area contributed by atoms with Gasteiger partial charge in [-0.3, -0.25) is 0 Å². The van der Waals surface area contributed by atoms with Crippen molar-refractivity contribution < 1.29 is 21.6 Å². The number of halogens is 4. The van der Waals surface area contributed by atoms with E-state index < -0.39 is 21.8 Å². The van der Waals surface area contributed by atoms with Crippen molar-refractivity contribution in [3.05, 3.63) is 53.1 Å². The van der Waals surface area contributed by atoms with Crippen LogP contribution in [0.3, 0.4) is 0 Å². The molecule has 0 amide bonds. The van der Waals surface area contributed by atoms with Crippen LogP contribution in [0.2, 0.25) is 5.02 Å². The maximum Gasteiger partial charge on any atom is 0.420 e. The molecule has 0 saturated carbocycles. The number of nitrogens with zero attached hydrogens (tertiary/aromatic N) is 5. The molecule has 0 spiro atoms. The lowest BCUT2D eigenvalue weighted by molar-refractivity contribution is -0.137. The summed E-state index contributed by atoms with van der Waals surface area (Å²) in [7, 11) is -3.30. The minimum absolute atomic E-state index is 0.0101. The third-order valence-corrected chi connectivity index (χ3v) is 8.15. The third-order valence-electron chi connectivity index (χ3n) is 6.44. The van der Waals surface area contributed by atoms with Gasteiger partial charge in [0.05, 0.1) is 17.0 Å². The Morgan fingerprint density at radius 3 is 2.55 bits per heavy atom. The van der Waals surface area contributed by atoms with Gasteiger partial charge in [0.2, 0.25) is 16.0 Å². The van der Waals surface area contributed by atoms with E-state index in [1.165, 1.54) is 16.8 Å². The lowest BCUT2D eigenvalue weighted by Crippen LogP contribution is -2.42. The van der Waals surface area contributed by atoms with Gasteiger partial charge in [-0.1, -0.05) is 30.7 Å². The fraction of sp³-hybridized carbons (Fsp3) is 0.458. The SMILES string of the molecule is CCNC(C)c1cccc(-n2cnc(-c3nc(NC4CCN(S(C)(=O)=O)CC4)ncc3C(F)(F)F)c2)c1Cl. The van der Waals surface area contributed by atoms with Crippen molar-refractivity contribution >= 4 is 27.6 Å². The van der Waals surface area contributed by atoms with Gasteiger partial charge in [0.15, 0.2) is 0 Å². The molecule has 1 aliphatic rings. The molecule has 206 valence electrons. The summed E-state index contributed by atoms with van der Waals surface area (Å²) in [6.07, 6.45) is 0.988. The fourth-order valence-corrected chi connectivity index (χ4v) is 5.69. The predicted octanol–water partition coefficient (Wildman–Crippen LogP) is 4.51. The number of hydrogen-bond donors (Lipinski definition) is 2. The summed E-state index contributed by atoms with van der Waals surface area (Å²) < 4.78 is 68.0. The van der Waals surface area contributed by atoms with Crippen molar-refractivity contribution in [3.8, 4) is 17.1 Å². The predicted molar refractivity (Wildman–Crippen MR) is 140 cm³/mol. The van der Waals surface area contributed by atoms with Crippen LogP contribution in [0.5, 0.6) is 0 Å². The lowest BCUT2D eigenvalue weighted by atomic mass is 10.1. The topological polar surface area (TPSA) is 105 Å².